The summed E-state index contributed by atoms with van der Waals surface area (Å²) in [5.41, 5.74) is 1.28. The summed E-state index contributed by atoms with van der Waals surface area (Å²) in [6.45, 7) is 4.83. The highest BCUT2D eigenvalue weighted by Crippen LogP contribution is 2.22. The molecule has 0 saturated carbocycles. The molecule has 1 aliphatic rings. The maximum Gasteiger partial charge on any atom is 0.332 e. The molecule has 0 bridgehead atoms. The van der Waals surface area contributed by atoms with E-state index in [0.717, 1.165) is 53.9 Å². The Morgan fingerprint density at radius 3 is 2.58 bits per heavy atom. The van der Waals surface area contributed by atoms with E-state index in [1.54, 1.807) is 18.8 Å². The fourth-order valence-electron chi connectivity index (χ4n) is 3.66. The minimum atomic E-state index is -0.369. The lowest BCUT2D eigenvalue weighted by Gasteiger charge is -2.26. The molecule has 3 heterocycles. The fourth-order valence-corrected chi connectivity index (χ4v) is 4.66. The van der Waals surface area contributed by atoms with Crippen LogP contribution in [-0.4, -0.2) is 62.2 Å². The molecular weight excluding hydrogens is 414 g/mol. The number of aryl methyl sites for hydroxylation is 1. The van der Waals surface area contributed by atoms with Crippen LogP contribution < -0.4 is 11.2 Å². The number of morpholine rings is 1. The average Bonchev–Trinajstić information content (AvgIpc) is 3.16. The maximum atomic E-state index is 12.9. The second kappa shape index (κ2) is 9.67. The predicted molar refractivity (Wildman–Crippen MR) is 124 cm³/mol. The molecule has 4 rings (SSSR count). The van der Waals surface area contributed by atoms with Crippen LogP contribution in [0.5, 0.6) is 0 Å². The molecule has 0 aliphatic carbocycles. The Morgan fingerprint density at radius 1 is 1.10 bits per heavy atom. The lowest BCUT2D eigenvalue weighted by Crippen LogP contribution is -2.37. The normalized spacial score (nSPS) is 15.3. The van der Waals surface area contributed by atoms with Crippen LogP contribution in [0.25, 0.3) is 17.2 Å². The number of nitrogens with zero attached hydrogens (tertiary/aromatic N) is 5. The Hall–Kier alpha value is -2.62. The van der Waals surface area contributed by atoms with Crippen LogP contribution in [0, 0.1) is 0 Å². The van der Waals surface area contributed by atoms with Crippen molar-refractivity contribution in [2.24, 2.45) is 14.1 Å². The summed E-state index contributed by atoms with van der Waals surface area (Å²) < 4.78 is 9.92. The number of fused-ring (bicyclic) bond motifs is 1. The summed E-state index contributed by atoms with van der Waals surface area (Å²) in [6, 6.07) is 10.0. The van der Waals surface area contributed by atoms with Crippen LogP contribution in [0.15, 0.2) is 51.2 Å². The number of allylic oxidation sites excluding steroid dienone is 1. The molecule has 0 spiro atoms. The van der Waals surface area contributed by atoms with Gasteiger partial charge in [0.1, 0.15) is 0 Å². The van der Waals surface area contributed by atoms with Gasteiger partial charge in [0, 0.05) is 46.0 Å². The molecule has 1 aliphatic heterocycles. The van der Waals surface area contributed by atoms with E-state index in [1.165, 1.54) is 11.6 Å². The molecule has 0 unspecified atom stereocenters. The Morgan fingerprint density at radius 2 is 1.84 bits per heavy atom. The Bertz CT molecular complexity index is 1190. The molecule has 0 amide bonds. The zero-order valence-corrected chi connectivity index (χ0v) is 18.7. The summed E-state index contributed by atoms with van der Waals surface area (Å²) in [6.07, 6.45) is 4.05. The van der Waals surface area contributed by atoms with Gasteiger partial charge in [-0.1, -0.05) is 54.2 Å². The van der Waals surface area contributed by atoms with Crippen LogP contribution in [0.4, 0.5) is 0 Å². The highest BCUT2D eigenvalue weighted by molar-refractivity contribution is 7.99. The Labute approximate surface area is 184 Å². The van der Waals surface area contributed by atoms with Crippen molar-refractivity contribution in [3.8, 4) is 0 Å². The number of benzene rings is 1. The number of hydrogen-bond acceptors (Lipinski definition) is 6. The third-order valence-corrected chi connectivity index (χ3v) is 6.41. The van der Waals surface area contributed by atoms with E-state index in [4.69, 9.17) is 4.74 Å². The van der Waals surface area contributed by atoms with E-state index >= 15 is 0 Å². The molecule has 2 aromatic heterocycles. The lowest BCUT2D eigenvalue weighted by molar-refractivity contribution is 0.0410. The molecular formula is C22H27N5O3S. The molecule has 1 fully saturated rings. The summed E-state index contributed by atoms with van der Waals surface area (Å²) >= 11 is 1.61. The van der Waals surface area contributed by atoms with Crippen molar-refractivity contribution in [1.29, 1.82) is 0 Å². The van der Waals surface area contributed by atoms with Gasteiger partial charge >= 0.3 is 5.69 Å². The largest absolute Gasteiger partial charge is 0.379 e. The second-order valence-electron chi connectivity index (χ2n) is 7.50. The number of imidazole rings is 1. The number of rotatable bonds is 7. The minimum Gasteiger partial charge on any atom is -0.379 e. The summed E-state index contributed by atoms with van der Waals surface area (Å²) in [7, 11) is 3.16. The molecule has 0 radical (unpaired) electrons. The smallest absolute Gasteiger partial charge is 0.332 e. The van der Waals surface area contributed by atoms with Crippen molar-refractivity contribution in [3.63, 3.8) is 0 Å². The summed E-state index contributed by atoms with van der Waals surface area (Å²) in [4.78, 5) is 32.4. The Kier molecular flexibility index (Phi) is 6.74. The minimum absolute atomic E-state index is 0.321. The van der Waals surface area contributed by atoms with Crippen molar-refractivity contribution in [2.45, 2.75) is 11.7 Å². The van der Waals surface area contributed by atoms with Crippen LogP contribution in [-0.2, 0) is 25.4 Å². The topological polar surface area (TPSA) is 74.3 Å². The molecule has 3 aromatic rings. The van der Waals surface area contributed by atoms with Crippen LogP contribution in [0.1, 0.15) is 5.56 Å². The highest BCUT2D eigenvalue weighted by atomic mass is 32.2. The molecule has 164 valence electrons. The summed E-state index contributed by atoms with van der Waals surface area (Å²) in [5, 5.41) is 0.749. The number of hydrogen-bond donors (Lipinski definition) is 0. The predicted octanol–water partition coefficient (Wildman–Crippen LogP) is 1.57. The molecule has 1 aromatic carbocycles. The molecule has 31 heavy (non-hydrogen) atoms. The van der Waals surface area contributed by atoms with Crippen molar-refractivity contribution < 1.29 is 4.74 Å². The quantitative estimate of drug-likeness (QED) is 0.518. The van der Waals surface area contributed by atoms with E-state index in [2.05, 4.69) is 9.88 Å². The van der Waals surface area contributed by atoms with Gasteiger partial charge < -0.3 is 9.30 Å². The zero-order chi connectivity index (χ0) is 21.8. The van der Waals surface area contributed by atoms with E-state index in [9.17, 15) is 9.59 Å². The fraction of sp³-hybridized carbons (Fsp3) is 0.409. The lowest BCUT2D eigenvalue weighted by atomic mass is 10.2. The second-order valence-corrected chi connectivity index (χ2v) is 8.56. The molecule has 0 N–H and O–H groups in total. The van der Waals surface area contributed by atoms with Crippen molar-refractivity contribution in [1.82, 2.24) is 23.6 Å². The van der Waals surface area contributed by atoms with E-state index < -0.39 is 0 Å². The van der Waals surface area contributed by atoms with Crippen molar-refractivity contribution in [2.75, 3.05) is 38.6 Å². The standard InChI is InChI=1S/C22H27N5O3S/c1-24-19-18(20(28)25(2)22(24)29)27(10-6-9-17-7-4-3-5-8-17)21(23-19)31-16-13-26-11-14-30-15-12-26/h3-9H,10-16H2,1-2H3. The first kappa shape index (κ1) is 21.6. The van der Waals surface area contributed by atoms with Gasteiger partial charge in [-0.25, -0.2) is 9.78 Å². The number of aromatic nitrogens is 4. The summed E-state index contributed by atoms with van der Waals surface area (Å²) in [5.74, 6) is 0.847. The van der Waals surface area contributed by atoms with Gasteiger partial charge in [-0.2, -0.15) is 0 Å². The van der Waals surface area contributed by atoms with Gasteiger partial charge in [-0.3, -0.25) is 18.8 Å². The van der Waals surface area contributed by atoms with Crippen molar-refractivity contribution >= 4 is 29.0 Å². The SMILES string of the molecule is Cn1c(=O)c2c(nc(SCCN3CCOCC3)n2CC=Cc2ccccc2)n(C)c1=O. The first-order valence-electron chi connectivity index (χ1n) is 10.4. The van der Waals surface area contributed by atoms with Crippen LogP contribution in [0.2, 0.25) is 0 Å². The van der Waals surface area contributed by atoms with Gasteiger partial charge in [0.2, 0.25) is 0 Å². The van der Waals surface area contributed by atoms with Crippen molar-refractivity contribution in [3.05, 3.63) is 62.8 Å². The van der Waals surface area contributed by atoms with E-state index in [1.807, 2.05) is 47.1 Å². The number of thioether (sulfide) groups is 1. The van der Waals surface area contributed by atoms with Crippen LogP contribution >= 0.6 is 11.8 Å². The first-order chi connectivity index (χ1) is 15.1. The maximum absolute atomic E-state index is 12.9. The molecule has 9 heteroatoms. The average molecular weight is 442 g/mol. The van der Waals surface area contributed by atoms with Gasteiger partial charge in [-0.05, 0) is 5.56 Å². The third-order valence-electron chi connectivity index (χ3n) is 5.45. The molecule has 1 saturated heterocycles. The Balaban J connectivity index is 1.64. The highest BCUT2D eigenvalue weighted by Gasteiger charge is 2.19. The van der Waals surface area contributed by atoms with Gasteiger partial charge in [0.05, 0.1) is 13.2 Å². The third kappa shape index (κ3) is 4.68. The van der Waals surface area contributed by atoms with Gasteiger partial charge in [0.25, 0.3) is 5.56 Å². The van der Waals surface area contributed by atoms with Gasteiger partial charge in [0.15, 0.2) is 16.3 Å². The zero-order valence-electron chi connectivity index (χ0n) is 17.9. The first-order valence-corrected chi connectivity index (χ1v) is 11.4. The monoisotopic (exact) mass is 441 g/mol. The van der Waals surface area contributed by atoms with E-state index in [-0.39, 0.29) is 11.2 Å². The molecule has 8 nitrogen and oxygen atoms in total. The van der Waals surface area contributed by atoms with Crippen LogP contribution in [0.3, 0.4) is 0 Å². The number of ether oxygens (including phenoxy) is 1. The van der Waals surface area contributed by atoms with Gasteiger partial charge in [-0.15, -0.1) is 0 Å². The van der Waals surface area contributed by atoms with E-state index in [0.29, 0.717) is 17.7 Å². The molecule has 0 atom stereocenters.